The van der Waals surface area contributed by atoms with Crippen molar-refractivity contribution < 1.29 is 24.5 Å². The number of ether oxygens (including phenoxy) is 1. The molecule has 0 spiro atoms. The van der Waals surface area contributed by atoms with Gasteiger partial charge in [0.25, 0.3) is 0 Å². The fourth-order valence-corrected chi connectivity index (χ4v) is 4.06. The van der Waals surface area contributed by atoms with Gasteiger partial charge in [0.05, 0.1) is 23.1 Å². The molecule has 0 radical (unpaired) electrons. The van der Waals surface area contributed by atoms with E-state index in [1.54, 1.807) is 24.1 Å². The highest BCUT2D eigenvalue weighted by molar-refractivity contribution is 9.10. The second-order valence-corrected chi connectivity index (χ2v) is 7.59. The number of carbonyl (C=O) groups excluding carboxylic acids is 1. The molecule has 2 amide bonds. The number of aliphatic hydroxyl groups is 1. The minimum Gasteiger partial charge on any atom is -0.496 e. The van der Waals surface area contributed by atoms with Gasteiger partial charge in [-0.3, -0.25) is 4.79 Å². The Morgan fingerprint density at radius 1 is 1.19 bits per heavy atom. The van der Waals surface area contributed by atoms with Crippen molar-refractivity contribution in [2.45, 2.75) is 38.2 Å². The number of benzene rings is 1. The molecule has 2 rings (SSSR count). The molecule has 1 aromatic carbocycles. The first-order valence-electron chi connectivity index (χ1n) is 9.09. The smallest absolute Gasteiger partial charge is 0.407 e. The number of methoxy groups -OCH3 is 1. The van der Waals surface area contributed by atoms with Gasteiger partial charge in [-0.2, -0.15) is 0 Å². The number of nitrogens with zero attached hydrogens (tertiary/aromatic N) is 2. The Morgan fingerprint density at radius 2 is 1.74 bits per heavy atom. The van der Waals surface area contributed by atoms with Crippen LogP contribution in [-0.4, -0.2) is 70.9 Å². The Morgan fingerprint density at radius 3 is 2.19 bits per heavy atom. The van der Waals surface area contributed by atoms with Gasteiger partial charge in [0.15, 0.2) is 0 Å². The van der Waals surface area contributed by atoms with Crippen molar-refractivity contribution >= 4 is 27.9 Å². The standard InChI is InChI=1S/C19H27BrN2O5/c1-4-19(26,5-2)16(13-6-7-15(27-3)14(20)12-13)17(23)21-8-10-22(11-9-21)18(24)25/h6-7,12,16,26H,4-5,8-11H2,1-3H3,(H,24,25). The normalized spacial score (nSPS) is 16.2. The lowest BCUT2D eigenvalue weighted by molar-refractivity contribution is -0.141. The van der Waals surface area contributed by atoms with Crippen LogP contribution in [0.4, 0.5) is 4.79 Å². The Kier molecular flexibility index (Phi) is 7.11. The van der Waals surface area contributed by atoms with E-state index in [0.717, 1.165) is 0 Å². The summed E-state index contributed by atoms with van der Waals surface area (Å²) >= 11 is 3.45. The summed E-state index contributed by atoms with van der Waals surface area (Å²) in [5.41, 5.74) is -0.478. The molecule has 1 atom stereocenters. The van der Waals surface area contributed by atoms with Gasteiger partial charge >= 0.3 is 6.09 Å². The summed E-state index contributed by atoms with van der Waals surface area (Å²) in [6.45, 7) is 4.92. The topological polar surface area (TPSA) is 90.3 Å². The van der Waals surface area contributed by atoms with Gasteiger partial charge in [-0.1, -0.05) is 19.9 Å². The number of piperazine rings is 1. The van der Waals surface area contributed by atoms with Crippen LogP contribution in [0.25, 0.3) is 0 Å². The maximum absolute atomic E-state index is 13.4. The molecule has 1 heterocycles. The third kappa shape index (κ3) is 4.55. The molecule has 1 unspecified atom stereocenters. The Balaban J connectivity index is 2.35. The van der Waals surface area contributed by atoms with E-state index in [1.165, 1.54) is 4.90 Å². The molecule has 0 aliphatic carbocycles. The van der Waals surface area contributed by atoms with Crippen LogP contribution in [0.3, 0.4) is 0 Å². The van der Waals surface area contributed by atoms with E-state index in [4.69, 9.17) is 9.84 Å². The molecule has 1 aliphatic heterocycles. The zero-order chi connectivity index (χ0) is 20.2. The number of halogens is 1. The molecule has 0 bridgehead atoms. The summed E-state index contributed by atoms with van der Waals surface area (Å²) in [5.74, 6) is -0.258. The van der Waals surface area contributed by atoms with Crippen LogP contribution in [0.15, 0.2) is 22.7 Å². The second kappa shape index (κ2) is 8.93. The number of hydrogen-bond donors (Lipinski definition) is 2. The molecule has 27 heavy (non-hydrogen) atoms. The first-order chi connectivity index (χ1) is 12.8. The number of rotatable bonds is 6. The molecule has 150 valence electrons. The molecule has 0 aromatic heterocycles. The zero-order valence-corrected chi connectivity index (χ0v) is 17.5. The summed E-state index contributed by atoms with van der Waals surface area (Å²) in [7, 11) is 1.57. The largest absolute Gasteiger partial charge is 0.496 e. The molecule has 1 aromatic rings. The second-order valence-electron chi connectivity index (χ2n) is 6.73. The van der Waals surface area contributed by atoms with Crippen molar-refractivity contribution in [2.24, 2.45) is 0 Å². The Hall–Kier alpha value is -1.80. The van der Waals surface area contributed by atoms with Crippen LogP contribution < -0.4 is 4.74 Å². The van der Waals surface area contributed by atoms with E-state index >= 15 is 0 Å². The third-order valence-electron chi connectivity index (χ3n) is 5.38. The van der Waals surface area contributed by atoms with Gasteiger partial charge in [0, 0.05) is 26.2 Å². The van der Waals surface area contributed by atoms with Crippen LogP contribution in [0.1, 0.15) is 38.2 Å². The molecule has 1 fully saturated rings. The van der Waals surface area contributed by atoms with Crippen LogP contribution >= 0.6 is 15.9 Å². The van der Waals surface area contributed by atoms with Crippen molar-refractivity contribution in [2.75, 3.05) is 33.3 Å². The lowest BCUT2D eigenvalue weighted by atomic mass is 9.77. The molecule has 2 N–H and O–H groups in total. The summed E-state index contributed by atoms with van der Waals surface area (Å²) in [6, 6.07) is 5.38. The Labute approximate surface area is 168 Å². The highest BCUT2D eigenvalue weighted by atomic mass is 79.9. The van der Waals surface area contributed by atoms with Gasteiger partial charge in [-0.25, -0.2) is 4.79 Å². The van der Waals surface area contributed by atoms with Gasteiger partial charge in [-0.05, 0) is 46.5 Å². The highest BCUT2D eigenvalue weighted by Gasteiger charge is 2.42. The highest BCUT2D eigenvalue weighted by Crippen LogP contribution is 2.38. The SMILES string of the molecule is CCC(O)(CC)C(C(=O)N1CCN(C(=O)O)CC1)c1ccc(OC)c(Br)c1. The third-order valence-corrected chi connectivity index (χ3v) is 6.00. The van der Waals surface area contributed by atoms with Gasteiger partial charge < -0.3 is 24.7 Å². The van der Waals surface area contributed by atoms with Crippen molar-refractivity contribution in [3.05, 3.63) is 28.2 Å². The summed E-state index contributed by atoms with van der Waals surface area (Å²) in [6.07, 6.45) is -0.117. The van der Waals surface area contributed by atoms with E-state index in [2.05, 4.69) is 15.9 Å². The fraction of sp³-hybridized carbons (Fsp3) is 0.579. The maximum atomic E-state index is 13.4. The van der Waals surface area contributed by atoms with E-state index in [9.17, 15) is 14.7 Å². The van der Waals surface area contributed by atoms with Crippen molar-refractivity contribution in [3.63, 3.8) is 0 Å². The van der Waals surface area contributed by atoms with Crippen molar-refractivity contribution in [1.29, 1.82) is 0 Å². The lowest BCUT2D eigenvalue weighted by Crippen LogP contribution is -2.54. The van der Waals surface area contributed by atoms with Crippen LogP contribution in [-0.2, 0) is 4.79 Å². The first-order valence-corrected chi connectivity index (χ1v) is 9.89. The van der Waals surface area contributed by atoms with Gasteiger partial charge in [0.1, 0.15) is 5.75 Å². The van der Waals surface area contributed by atoms with E-state index in [0.29, 0.717) is 41.7 Å². The number of carbonyl (C=O) groups is 2. The van der Waals surface area contributed by atoms with Crippen molar-refractivity contribution in [3.8, 4) is 5.75 Å². The van der Waals surface area contributed by atoms with Gasteiger partial charge in [-0.15, -0.1) is 0 Å². The monoisotopic (exact) mass is 442 g/mol. The quantitative estimate of drug-likeness (QED) is 0.706. The maximum Gasteiger partial charge on any atom is 0.407 e. The average Bonchev–Trinajstić information content (AvgIpc) is 2.68. The molecule has 1 aliphatic rings. The molecular formula is C19H27BrN2O5. The molecule has 8 heteroatoms. The summed E-state index contributed by atoms with van der Waals surface area (Å²) < 4.78 is 5.98. The average molecular weight is 443 g/mol. The van der Waals surface area contributed by atoms with Crippen LogP contribution in [0.2, 0.25) is 0 Å². The van der Waals surface area contributed by atoms with Crippen LogP contribution in [0.5, 0.6) is 5.75 Å². The first kappa shape index (κ1) is 21.5. The van der Waals surface area contributed by atoms with E-state index < -0.39 is 17.6 Å². The molecule has 7 nitrogen and oxygen atoms in total. The number of hydrogen-bond acceptors (Lipinski definition) is 4. The van der Waals surface area contributed by atoms with Crippen LogP contribution in [0, 0.1) is 0 Å². The predicted molar refractivity (Wildman–Crippen MR) is 105 cm³/mol. The van der Waals surface area contributed by atoms with Gasteiger partial charge in [0.2, 0.25) is 5.91 Å². The molecule has 0 saturated carbocycles. The van der Waals surface area contributed by atoms with Crippen molar-refractivity contribution in [1.82, 2.24) is 9.80 Å². The molecule has 1 saturated heterocycles. The predicted octanol–water partition coefficient (Wildman–Crippen LogP) is 2.91. The lowest BCUT2D eigenvalue weighted by Gasteiger charge is -2.40. The fourth-order valence-electron chi connectivity index (χ4n) is 3.50. The minimum atomic E-state index is -1.19. The van der Waals surface area contributed by atoms with E-state index in [1.807, 2.05) is 19.9 Å². The number of carboxylic acid groups (broad SMARTS) is 1. The zero-order valence-electron chi connectivity index (χ0n) is 15.9. The minimum absolute atomic E-state index is 0.177. The Bertz CT molecular complexity index is 685. The summed E-state index contributed by atoms with van der Waals surface area (Å²) in [4.78, 5) is 27.4. The molecular weight excluding hydrogens is 416 g/mol. The number of amides is 2. The summed E-state index contributed by atoms with van der Waals surface area (Å²) in [5, 5.41) is 20.3. The van der Waals surface area contributed by atoms with E-state index in [-0.39, 0.29) is 19.0 Å².